The van der Waals surface area contributed by atoms with Crippen molar-refractivity contribution >= 4 is 33.7 Å². The van der Waals surface area contributed by atoms with Gasteiger partial charge in [0.2, 0.25) is 5.13 Å². The third-order valence-corrected chi connectivity index (χ3v) is 4.46. The van der Waals surface area contributed by atoms with Crippen LogP contribution in [-0.2, 0) is 0 Å². The van der Waals surface area contributed by atoms with Gasteiger partial charge in [0.25, 0.3) is 5.91 Å². The molecule has 0 bridgehead atoms. The molecule has 19 heavy (non-hydrogen) atoms. The van der Waals surface area contributed by atoms with Gasteiger partial charge < -0.3 is 4.42 Å². The van der Waals surface area contributed by atoms with E-state index in [-0.39, 0.29) is 11.7 Å². The molecule has 7 heteroatoms. The van der Waals surface area contributed by atoms with Gasteiger partial charge in [-0.15, -0.1) is 21.5 Å². The van der Waals surface area contributed by atoms with E-state index in [2.05, 4.69) is 15.5 Å². The Morgan fingerprint density at radius 2 is 2.26 bits per heavy atom. The second-order valence-electron chi connectivity index (χ2n) is 3.78. The number of aromatic nitrogens is 2. The minimum Gasteiger partial charge on any atom is -0.459 e. The minimum absolute atomic E-state index is 0.254. The number of anilines is 1. The van der Waals surface area contributed by atoms with Gasteiger partial charge in [0, 0.05) is 0 Å². The average Bonchev–Trinajstić information content (AvgIpc) is 3.08. The summed E-state index contributed by atoms with van der Waals surface area (Å²) in [7, 11) is 0. The van der Waals surface area contributed by atoms with E-state index in [4.69, 9.17) is 4.42 Å². The van der Waals surface area contributed by atoms with Gasteiger partial charge >= 0.3 is 0 Å². The Hall–Kier alpha value is -1.99. The molecule has 0 aliphatic rings. The van der Waals surface area contributed by atoms with E-state index >= 15 is 0 Å². The smallest absolute Gasteiger partial charge is 0.293 e. The Morgan fingerprint density at radius 3 is 2.95 bits per heavy atom. The lowest BCUT2D eigenvalue weighted by Gasteiger charge is -1.95. The van der Waals surface area contributed by atoms with Crippen molar-refractivity contribution in [3.8, 4) is 9.88 Å². The lowest BCUT2D eigenvalue weighted by atomic mass is 10.3. The lowest BCUT2D eigenvalue weighted by Crippen LogP contribution is -2.10. The molecule has 0 aliphatic heterocycles. The van der Waals surface area contributed by atoms with Crippen molar-refractivity contribution in [2.45, 2.75) is 6.92 Å². The first-order valence-electron chi connectivity index (χ1n) is 5.47. The van der Waals surface area contributed by atoms with Gasteiger partial charge in [-0.05, 0) is 36.1 Å². The SMILES string of the molecule is Cc1ccsc1-c1nnc(NC(=O)c2ccco2)s1. The normalized spacial score (nSPS) is 10.6. The highest BCUT2D eigenvalue weighted by Crippen LogP contribution is 2.32. The summed E-state index contributed by atoms with van der Waals surface area (Å²) in [5.41, 5.74) is 1.16. The summed E-state index contributed by atoms with van der Waals surface area (Å²) in [6, 6.07) is 5.29. The molecule has 3 aromatic heterocycles. The fourth-order valence-corrected chi connectivity index (χ4v) is 3.34. The van der Waals surface area contributed by atoms with Crippen molar-refractivity contribution in [3.63, 3.8) is 0 Å². The molecule has 0 saturated heterocycles. The molecule has 3 aromatic rings. The molecule has 1 amide bonds. The first-order chi connectivity index (χ1) is 9.24. The van der Waals surface area contributed by atoms with Gasteiger partial charge in [-0.2, -0.15) is 0 Å². The Kier molecular flexibility index (Phi) is 3.14. The molecule has 0 radical (unpaired) electrons. The Labute approximate surface area is 116 Å². The predicted octanol–water partition coefficient (Wildman–Crippen LogP) is 3.42. The number of furan rings is 1. The summed E-state index contributed by atoms with van der Waals surface area (Å²) in [4.78, 5) is 12.9. The number of amides is 1. The van der Waals surface area contributed by atoms with E-state index < -0.39 is 0 Å². The third kappa shape index (κ3) is 2.42. The molecule has 0 unspecified atom stereocenters. The van der Waals surface area contributed by atoms with Gasteiger partial charge in [0.15, 0.2) is 10.8 Å². The Bertz CT molecular complexity index is 700. The lowest BCUT2D eigenvalue weighted by molar-refractivity contribution is 0.0996. The average molecular weight is 291 g/mol. The van der Waals surface area contributed by atoms with E-state index in [1.807, 2.05) is 18.4 Å². The first kappa shape index (κ1) is 12.1. The summed E-state index contributed by atoms with van der Waals surface area (Å²) in [5, 5.41) is 14.0. The van der Waals surface area contributed by atoms with Crippen molar-refractivity contribution in [2.75, 3.05) is 5.32 Å². The number of aryl methyl sites for hydroxylation is 1. The van der Waals surface area contributed by atoms with Crippen molar-refractivity contribution < 1.29 is 9.21 Å². The van der Waals surface area contributed by atoms with Crippen molar-refractivity contribution in [3.05, 3.63) is 41.2 Å². The van der Waals surface area contributed by atoms with E-state index in [0.717, 1.165) is 15.4 Å². The van der Waals surface area contributed by atoms with Gasteiger partial charge in [0.05, 0.1) is 11.1 Å². The van der Waals surface area contributed by atoms with Gasteiger partial charge in [-0.3, -0.25) is 10.1 Å². The zero-order valence-electron chi connectivity index (χ0n) is 9.91. The predicted molar refractivity (Wildman–Crippen MR) is 74.6 cm³/mol. The number of thiophene rings is 1. The monoisotopic (exact) mass is 291 g/mol. The topological polar surface area (TPSA) is 68.0 Å². The highest BCUT2D eigenvalue weighted by Gasteiger charge is 2.14. The quantitative estimate of drug-likeness (QED) is 0.803. The van der Waals surface area contributed by atoms with Gasteiger partial charge in [0.1, 0.15) is 0 Å². The molecule has 1 N–H and O–H groups in total. The number of carbonyl (C=O) groups excluding carboxylic acids is 1. The zero-order valence-corrected chi connectivity index (χ0v) is 11.5. The van der Waals surface area contributed by atoms with Gasteiger partial charge in [-0.1, -0.05) is 11.3 Å². The van der Waals surface area contributed by atoms with Crippen LogP contribution in [0.1, 0.15) is 16.1 Å². The number of nitrogens with zero attached hydrogens (tertiary/aromatic N) is 2. The maximum absolute atomic E-state index is 11.8. The molecule has 96 valence electrons. The number of hydrogen-bond acceptors (Lipinski definition) is 6. The van der Waals surface area contributed by atoms with E-state index in [1.165, 1.54) is 17.6 Å². The van der Waals surface area contributed by atoms with Crippen LogP contribution in [0.4, 0.5) is 5.13 Å². The fourth-order valence-electron chi connectivity index (χ4n) is 1.52. The third-order valence-electron chi connectivity index (χ3n) is 2.45. The molecular weight excluding hydrogens is 282 g/mol. The summed E-state index contributed by atoms with van der Waals surface area (Å²) >= 11 is 2.95. The van der Waals surface area contributed by atoms with E-state index in [1.54, 1.807) is 23.5 Å². The minimum atomic E-state index is -0.324. The van der Waals surface area contributed by atoms with Crippen molar-refractivity contribution in [1.29, 1.82) is 0 Å². The molecule has 0 aromatic carbocycles. The van der Waals surface area contributed by atoms with Crippen LogP contribution in [0.2, 0.25) is 0 Å². The fraction of sp³-hybridized carbons (Fsp3) is 0.0833. The van der Waals surface area contributed by atoms with Crippen molar-refractivity contribution in [1.82, 2.24) is 10.2 Å². The van der Waals surface area contributed by atoms with Crippen LogP contribution in [0, 0.1) is 6.92 Å². The van der Waals surface area contributed by atoms with E-state index in [0.29, 0.717) is 5.13 Å². The molecule has 0 fully saturated rings. The summed E-state index contributed by atoms with van der Waals surface area (Å²) < 4.78 is 5.01. The summed E-state index contributed by atoms with van der Waals surface area (Å²) in [5.74, 6) is -0.0698. The van der Waals surface area contributed by atoms with Crippen LogP contribution in [0.15, 0.2) is 34.3 Å². The number of hydrogen-bond donors (Lipinski definition) is 1. The number of carbonyl (C=O) groups is 1. The largest absolute Gasteiger partial charge is 0.459 e. The Morgan fingerprint density at radius 1 is 1.37 bits per heavy atom. The highest BCUT2D eigenvalue weighted by atomic mass is 32.1. The molecule has 3 heterocycles. The molecule has 0 aliphatic carbocycles. The van der Waals surface area contributed by atoms with Crippen LogP contribution in [0.5, 0.6) is 0 Å². The number of rotatable bonds is 3. The van der Waals surface area contributed by atoms with Crippen LogP contribution in [-0.4, -0.2) is 16.1 Å². The summed E-state index contributed by atoms with van der Waals surface area (Å²) in [6.07, 6.45) is 1.45. The van der Waals surface area contributed by atoms with E-state index in [9.17, 15) is 4.79 Å². The van der Waals surface area contributed by atoms with Crippen LogP contribution in [0.25, 0.3) is 9.88 Å². The standard InChI is InChI=1S/C12H9N3O2S2/c1-7-4-6-18-9(7)11-14-15-12(19-11)13-10(16)8-3-2-5-17-8/h2-6H,1H3,(H,13,15,16). The van der Waals surface area contributed by atoms with Crippen LogP contribution >= 0.6 is 22.7 Å². The van der Waals surface area contributed by atoms with Crippen LogP contribution < -0.4 is 5.32 Å². The molecule has 3 rings (SSSR count). The maximum Gasteiger partial charge on any atom is 0.293 e. The van der Waals surface area contributed by atoms with Crippen LogP contribution in [0.3, 0.4) is 0 Å². The van der Waals surface area contributed by atoms with Crippen molar-refractivity contribution in [2.24, 2.45) is 0 Å². The second-order valence-corrected chi connectivity index (χ2v) is 5.67. The first-order valence-corrected chi connectivity index (χ1v) is 7.16. The van der Waals surface area contributed by atoms with Gasteiger partial charge in [-0.25, -0.2) is 0 Å². The highest BCUT2D eigenvalue weighted by molar-refractivity contribution is 7.23. The Balaban J connectivity index is 1.79. The molecule has 5 nitrogen and oxygen atoms in total. The maximum atomic E-state index is 11.8. The number of nitrogens with one attached hydrogen (secondary N) is 1. The molecule has 0 saturated carbocycles. The zero-order chi connectivity index (χ0) is 13.2. The molecular formula is C12H9N3O2S2. The summed E-state index contributed by atoms with van der Waals surface area (Å²) in [6.45, 7) is 2.02. The molecule has 0 spiro atoms. The molecule has 0 atom stereocenters. The second kappa shape index (κ2) is 4.94.